The van der Waals surface area contributed by atoms with Crippen molar-refractivity contribution in [2.24, 2.45) is 0 Å². The Morgan fingerprint density at radius 1 is 0.821 bits per heavy atom. The number of benzene rings is 2. The zero-order valence-corrected chi connectivity index (χ0v) is 16.0. The van der Waals surface area contributed by atoms with Crippen LogP contribution in [-0.4, -0.2) is 20.0 Å². The Morgan fingerprint density at radius 2 is 1.61 bits per heavy atom. The summed E-state index contributed by atoms with van der Waals surface area (Å²) in [7, 11) is 0. The highest BCUT2D eigenvalue weighted by Gasteiger charge is 2.13. The third-order valence-corrected chi connectivity index (χ3v) is 4.59. The lowest BCUT2D eigenvalue weighted by atomic mass is 10.1. The number of nitrogens with zero attached hydrogens (tertiary/aromatic N) is 4. The average molecular weight is 390 g/mol. The Labute approximate surface area is 169 Å². The second-order valence-electron chi connectivity index (χ2n) is 6.44. The lowest BCUT2D eigenvalue weighted by molar-refractivity contribution is 0.575. The molecule has 0 atom stereocenters. The first-order chi connectivity index (χ1) is 13.8. The maximum Gasteiger partial charge on any atom is 0.117 e. The van der Waals surface area contributed by atoms with Crippen LogP contribution in [0.5, 0.6) is 0 Å². The van der Waals surface area contributed by atoms with Gasteiger partial charge in [-0.3, -0.25) is 4.98 Å². The maximum absolute atomic E-state index is 5.98. The van der Waals surface area contributed by atoms with E-state index in [4.69, 9.17) is 21.8 Å². The minimum atomic E-state index is 0.594. The summed E-state index contributed by atoms with van der Waals surface area (Å²) in [6, 6.07) is 23.8. The van der Waals surface area contributed by atoms with Crippen LogP contribution in [0.3, 0.4) is 0 Å². The third kappa shape index (κ3) is 4.63. The second-order valence-corrected chi connectivity index (χ2v) is 6.88. The van der Waals surface area contributed by atoms with E-state index in [1.807, 2.05) is 60.7 Å². The van der Waals surface area contributed by atoms with Gasteiger partial charge in [0.15, 0.2) is 0 Å². The van der Waals surface area contributed by atoms with Crippen LogP contribution in [0.2, 0.25) is 5.02 Å². The molecule has 4 rings (SSSR count). The van der Waals surface area contributed by atoms with Crippen molar-refractivity contribution in [2.45, 2.75) is 19.6 Å². The molecule has 0 radical (unpaired) electrons. The van der Waals surface area contributed by atoms with Crippen molar-refractivity contribution in [3.05, 3.63) is 101 Å². The topological polar surface area (TPSA) is 55.6 Å². The van der Waals surface area contributed by atoms with E-state index < -0.39 is 0 Å². The summed E-state index contributed by atoms with van der Waals surface area (Å²) in [5.41, 5.74) is 4.96. The first kappa shape index (κ1) is 18.3. The monoisotopic (exact) mass is 389 g/mol. The molecule has 1 N–H and O–H groups in total. The van der Waals surface area contributed by atoms with Crippen molar-refractivity contribution in [1.82, 2.24) is 25.3 Å². The zero-order chi connectivity index (χ0) is 19.2. The standard InChI is InChI=1S/C22H20ClN5/c23-19-11-9-17(10-12-19)16-28-26-21(15-24-14-20-8-4-5-13-25-20)22(27-28)18-6-2-1-3-7-18/h1-13,24H,14-16H2. The highest BCUT2D eigenvalue weighted by Crippen LogP contribution is 2.20. The lowest BCUT2D eigenvalue weighted by Crippen LogP contribution is -2.15. The molecule has 2 heterocycles. The van der Waals surface area contributed by atoms with Gasteiger partial charge in [0, 0.05) is 29.9 Å². The van der Waals surface area contributed by atoms with E-state index in [9.17, 15) is 0 Å². The largest absolute Gasteiger partial charge is 0.305 e. The van der Waals surface area contributed by atoms with Crippen molar-refractivity contribution in [3.63, 3.8) is 0 Å². The highest BCUT2D eigenvalue weighted by molar-refractivity contribution is 6.30. The second kappa shape index (κ2) is 8.78. The molecule has 4 aromatic rings. The summed E-state index contributed by atoms with van der Waals surface area (Å²) in [6.45, 7) is 1.89. The Kier molecular flexibility index (Phi) is 5.75. The third-order valence-electron chi connectivity index (χ3n) is 4.33. The van der Waals surface area contributed by atoms with Crippen molar-refractivity contribution in [2.75, 3.05) is 0 Å². The van der Waals surface area contributed by atoms with E-state index in [2.05, 4.69) is 22.4 Å². The molecular weight excluding hydrogens is 370 g/mol. The average Bonchev–Trinajstić information content (AvgIpc) is 3.14. The van der Waals surface area contributed by atoms with E-state index >= 15 is 0 Å². The molecule has 2 aromatic carbocycles. The van der Waals surface area contributed by atoms with Crippen LogP contribution in [0.4, 0.5) is 0 Å². The van der Waals surface area contributed by atoms with E-state index in [0.29, 0.717) is 19.6 Å². The molecule has 0 unspecified atom stereocenters. The summed E-state index contributed by atoms with van der Waals surface area (Å²) >= 11 is 5.98. The highest BCUT2D eigenvalue weighted by atomic mass is 35.5. The van der Waals surface area contributed by atoms with Gasteiger partial charge in [0.1, 0.15) is 11.4 Å². The molecule has 140 valence electrons. The van der Waals surface area contributed by atoms with Crippen LogP contribution < -0.4 is 5.32 Å². The number of aromatic nitrogens is 4. The maximum atomic E-state index is 5.98. The van der Waals surface area contributed by atoms with Gasteiger partial charge in [-0.1, -0.05) is 60.1 Å². The van der Waals surface area contributed by atoms with Gasteiger partial charge in [0.05, 0.1) is 12.2 Å². The molecule has 0 spiro atoms. The van der Waals surface area contributed by atoms with Crippen LogP contribution in [0.15, 0.2) is 79.0 Å². The molecule has 0 aliphatic carbocycles. The first-order valence-corrected chi connectivity index (χ1v) is 9.50. The smallest absolute Gasteiger partial charge is 0.117 e. The molecule has 6 heteroatoms. The van der Waals surface area contributed by atoms with Crippen molar-refractivity contribution < 1.29 is 0 Å². The number of hydrogen-bond acceptors (Lipinski definition) is 4. The van der Waals surface area contributed by atoms with Gasteiger partial charge in [0.2, 0.25) is 0 Å². The molecule has 0 bridgehead atoms. The summed E-state index contributed by atoms with van der Waals surface area (Å²) in [4.78, 5) is 6.08. The number of rotatable bonds is 7. The first-order valence-electron chi connectivity index (χ1n) is 9.12. The molecule has 0 aliphatic rings. The molecule has 2 aromatic heterocycles. The van der Waals surface area contributed by atoms with Gasteiger partial charge >= 0.3 is 0 Å². The van der Waals surface area contributed by atoms with Crippen molar-refractivity contribution in [1.29, 1.82) is 0 Å². The van der Waals surface area contributed by atoms with Crippen molar-refractivity contribution in [3.8, 4) is 11.3 Å². The fourth-order valence-corrected chi connectivity index (χ4v) is 3.08. The van der Waals surface area contributed by atoms with Crippen LogP contribution in [0.1, 0.15) is 17.0 Å². The molecule has 0 aliphatic heterocycles. The Balaban J connectivity index is 1.54. The van der Waals surface area contributed by atoms with E-state index in [1.54, 1.807) is 11.0 Å². The fraction of sp³-hybridized carbons (Fsp3) is 0.136. The molecule has 0 saturated heterocycles. The molecule has 0 fully saturated rings. The number of nitrogens with one attached hydrogen (secondary N) is 1. The molecule has 0 amide bonds. The van der Waals surface area contributed by atoms with E-state index in [0.717, 1.165) is 33.2 Å². The zero-order valence-electron chi connectivity index (χ0n) is 15.3. The SMILES string of the molecule is Clc1ccc(Cn2nc(CNCc3ccccn3)c(-c3ccccc3)n2)cc1. The fourth-order valence-electron chi connectivity index (χ4n) is 2.96. The minimum absolute atomic E-state index is 0.594. The summed E-state index contributed by atoms with van der Waals surface area (Å²) < 4.78 is 0. The predicted octanol–water partition coefficient (Wildman–Crippen LogP) is 4.33. The minimum Gasteiger partial charge on any atom is -0.305 e. The lowest BCUT2D eigenvalue weighted by Gasteiger charge is -2.03. The van der Waals surface area contributed by atoms with E-state index in [1.165, 1.54) is 0 Å². The Morgan fingerprint density at radius 3 is 2.36 bits per heavy atom. The summed E-state index contributed by atoms with van der Waals surface area (Å²) in [5, 5.41) is 13.6. The molecular formula is C22H20ClN5. The van der Waals surface area contributed by atoms with Crippen molar-refractivity contribution >= 4 is 11.6 Å². The Bertz CT molecular complexity index is 1010. The van der Waals surface area contributed by atoms with Crippen LogP contribution in [-0.2, 0) is 19.6 Å². The summed E-state index contributed by atoms with van der Waals surface area (Å²) in [5.74, 6) is 0. The van der Waals surface area contributed by atoms with Crippen LogP contribution >= 0.6 is 11.6 Å². The van der Waals surface area contributed by atoms with Gasteiger partial charge in [-0.25, -0.2) is 0 Å². The van der Waals surface area contributed by atoms with Gasteiger partial charge < -0.3 is 5.32 Å². The number of halogens is 1. The Hall–Kier alpha value is -3.02. The van der Waals surface area contributed by atoms with Gasteiger partial charge in [-0.05, 0) is 29.8 Å². The van der Waals surface area contributed by atoms with Gasteiger partial charge in [0.25, 0.3) is 0 Å². The molecule has 28 heavy (non-hydrogen) atoms. The van der Waals surface area contributed by atoms with Crippen LogP contribution in [0, 0.1) is 0 Å². The normalized spacial score (nSPS) is 10.9. The van der Waals surface area contributed by atoms with E-state index in [-0.39, 0.29) is 0 Å². The summed E-state index contributed by atoms with van der Waals surface area (Å²) in [6.07, 6.45) is 1.80. The molecule has 0 saturated carbocycles. The quantitative estimate of drug-likeness (QED) is 0.511. The van der Waals surface area contributed by atoms with Gasteiger partial charge in [-0.15, -0.1) is 0 Å². The van der Waals surface area contributed by atoms with Gasteiger partial charge in [-0.2, -0.15) is 15.0 Å². The number of pyridine rings is 1. The molecule has 5 nitrogen and oxygen atoms in total. The number of hydrogen-bond donors (Lipinski definition) is 1. The predicted molar refractivity (Wildman–Crippen MR) is 111 cm³/mol. The van der Waals surface area contributed by atoms with Crippen LogP contribution in [0.25, 0.3) is 11.3 Å².